The minimum Gasteiger partial charge on any atom is -0.394 e. The van der Waals surface area contributed by atoms with Crippen molar-refractivity contribution in [3.8, 4) is 0 Å². The van der Waals surface area contributed by atoms with Crippen LogP contribution in [0.25, 0.3) is 11.2 Å². The second-order valence-electron chi connectivity index (χ2n) is 7.63. The van der Waals surface area contributed by atoms with E-state index in [4.69, 9.17) is 14.9 Å². The van der Waals surface area contributed by atoms with Crippen LogP contribution in [0.1, 0.15) is 17.4 Å². The summed E-state index contributed by atoms with van der Waals surface area (Å²) in [6.07, 6.45) is -0.155. The van der Waals surface area contributed by atoms with Gasteiger partial charge in [-0.05, 0) is 17.5 Å². The zero-order valence-corrected chi connectivity index (χ0v) is 17.4. The smallest absolute Gasteiger partial charge is 0.194 e. The van der Waals surface area contributed by atoms with Crippen LogP contribution in [0.3, 0.4) is 0 Å². The van der Waals surface area contributed by atoms with Crippen molar-refractivity contribution in [1.82, 2.24) is 19.5 Å². The summed E-state index contributed by atoms with van der Waals surface area (Å²) in [6, 6.07) is 8.37. The predicted molar refractivity (Wildman–Crippen MR) is 112 cm³/mol. The van der Waals surface area contributed by atoms with Crippen molar-refractivity contribution in [2.24, 2.45) is 0 Å². The molecule has 12 nitrogen and oxygen atoms in total. The molecule has 170 valence electrons. The van der Waals surface area contributed by atoms with Gasteiger partial charge in [-0.25, -0.2) is 15.0 Å². The van der Waals surface area contributed by atoms with Crippen LogP contribution in [0.5, 0.6) is 0 Å². The molecule has 32 heavy (non-hydrogen) atoms. The number of imidazole rings is 1. The number of ether oxygens (including phenoxy) is 1. The average Bonchev–Trinajstić information content (AvgIpc) is 3.34. The minimum atomic E-state index is -1.19. The predicted octanol–water partition coefficient (Wildman–Crippen LogP) is -0.107. The summed E-state index contributed by atoms with van der Waals surface area (Å²) < 4.78 is 7.20. The highest BCUT2D eigenvalue weighted by Crippen LogP contribution is 2.33. The molecule has 1 aromatic carbocycles. The second kappa shape index (κ2) is 9.12. The number of anilines is 1. The van der Waals surface area contributed by atoms with E-state index in [0.29, 0.717) is 11.2 Å². The first kappa shape index (κ1) is 22.0. The number of hydrogen-bond donors (Lipinski definition) is 3. The van der Waals surface area contributed by atoms with E-state index in [2.05, 4.69) is 38.1 Å². The molecule has 0 radical (unpaired) electrons. The van der Waals surface area contributed by atoms with Crippen LogP contribution < -0.4 is 4.90 Å². The number of fused-ring (bicyclic) bond motifs is 2. The molecule has 4 heterocycles. The summed E-state index contributed by atoms with van der Waals surface area (Å²) in [4.78, 5) is 23.7. The molecule has 4 unspecified atom stereocenters. The Bertz CT molecular complexity index is 1100. The monoisotopic (exact) mass is 444 g/mol. The Balaban J connectivity index is 0.000000567. The fraction of sp³-hybridized carbons (Fsp3) is 0.450. The third kappa shape index (κ3) is 4.12. The van der Waals surface area contributed by atoms with Crippen LogP contribution >= 0.6 is 0 Å². The van der Waals surface area contributed by atoms with Gasteiger partial charge in [0.2, 0.25) is 0 Å². The number of nitro groups is 1. The van der Waals surface area contributed by atoms with E-state index in [1.54, 1.807) is 4.57 Å². The third-order valence-electron chi connectivity index (χ3n) is 5.56. The molecule has 1 fully saturated rings. The molecule has 2 aromatic heterocycles. The standard InChI is InChI=1S/C19H21N5O4.CH3NO2/c25-8-13-15(26)16(27)19(28-13)24-10-22-14-17(20-9-21-18(14)24)23-6-5-11-3-1-2-4-12(11)7-23;1-2(3)4/h1-4,9-10,13,15-16,19,25-27H,5-8H2;1H3. The molecule has 2 aliphatic rings. The van der Waals surface area contributed by atoms with E-state index < -0.39 is 29.5 Å². The number of aliphatic hydroxyl groups is 3. The first-order valence-corrected chi connectivity index (χ1v) is 10.1. The lowest BCUT2D eigenvalue weighted by Crippen LogP contribution is -2.33. The second-order valence-corrected chi connectivity index (χ2v) is 7.63. The molecule has 12 heteroatoms. The quantitative estimate of drug-likeness (QED) is 0.367. The van der Waals surface area contributed by atoms with Gasteiger partial charge in [0.05, 0.1) is 12.9 Å². The molecular weight excluding hydrogens is 420 g/mol. The van der Waals surface area contributed by atoms with Crippen LogP contribution in [0.2, 0.25) is 0 Å². The Morgan fingerprint density at radius 3 is 2.59 bits per heavy atom. The lowest BCUT2D eigenvalue weighted by atomic mass is 10.00. The van der Waals surface area contributed by atoms with Crippen LogP contribution in [0, 0.1) is 10.1 Å². The van der Waals surface area contributed by atoms with Crippen LogP contribution in [0.4, 0.5) is 5.82 Å². The van der Waals surface area contributed by atoms with E-state index in [-0.39, 0.29) is 6.61 Å². The Morgan fingerprint density at radius 1 is 1.19 bits per heavy atom. The maximum atomic E-state index is 10.3. The molecule has 4 atom stereocenters. The fourth-order valence-electron chi connectivity index (χ4n) is 4.04. The van der Waals surface area contributed by atoms with Gasteiger partial charge in [0.1, 0.15) is 24.6 Å². The van der Waals surface area contributed by atoms with Crippen molar-refractivity contribution < 1.29 is 25.0 Å². The highest BCUT2D eigenvalue weighted by molar-refractivity contribution is 5.83. The minimum absolute atomic E-state index is 0.380. The van der Waals surface area contributed by atoms with Gasteiger partial charge < -0.3 is 25.0 Å². The largest absolute Gasteiger partial charge is 0.394 e. The zero-order valence-electron chi connectivity index (χ0n) is 17.4. The number of nitrogens with zero attached hydrogens (tertiary/aromatic N) is 6. The Hall–Kier alpha value is -3.19. The van der Waals surface area contributed by atoms with Crippen molar-refractivity contribution >= 4 is 17.0 Å². The molecular formula is C20H24N6O6. The maximum Gasteiger partial charge on any atom is 0.194 e. The Labute approximate surface area is 182 Å². The fourth-order valence-corrected chi connectivity index (χ4v) is 4.04. The number of rotatable bonds is 3. The maximum absolute atomic E-state index is 10.3. The van der Waals surface area contributed by atoms with Crippen molar-refractivity contribution in [2.45, 2.75) is 37.5 Å². The van der Waals surface area contributed by atoms with Crippen molar-refractivity contribution in [1.29, 1.82) is 0 Å². The molecule has 1 saturated heterocycles. The number of hydrogen-bond acceptors (Lipinski definition) is 10. The zero-order chi connectivity index (χ0) is 22.8. The first-order chi connectivity index (χ1) is 15.4. The summed E-state index contributed by atoms with van der Waals surface area (Å²) in [5.74, 6) is 0.727. The molecule has 0 amide bonds. The molecule has 3 aromatic rings. The van der Waals surface area contributed by atoms with E-state index >= 15 is 0 Å². The van der Waals surface area contributed by atoms with E-state index in [9.17, 15) is 15.3 Å². The van der Waals surface area contributed by atoms with E-state index in [1.807, 2.05) is 6.07 Å². The Kier molecular flexibility index (Phi) is 6.28. The highest BCUT2D eigenvalue weighted by atomic mass is 16.6. The molecule has 0 spiro atoms. The van der Waals surface area contributed by atoms with Crippen LogP contribution in [-0.2, 0) is 17.7 Å². The van der Waals surface area contributed by atoms with Crippen LogP contribution in [0.15, 0.2) is 36.9 Å². The van der Waals surface area contributed by atoms with Gasteiger partial charge in [-0.1, -0.05) is 24.3 Å². The molecule has 3 N–H and O–H groups in total. The van der Waals surface area contributed by atoms with Crippen molar-refractivity contribution in [2.75, 3.05) is 25.1 Å². The summed E-state index contributed by atoms with van der Waals surface area (Å²) in [5.41, 5.74) is 3.74. The topological polar surface area (TPSA) is 160 Å². The van der Waals surface area contributed by atoms with Gasteiger partial charge in [0, 0.05) is 18.0 Å². The highest BCUT2D eigenvalue weighted by Gasteiger charge is 2.44. The summed E-state index contributed by atoms with van der Waals surface area (Å²) >= 11 is 0. The summed E-state index contributed by atoms with van der Waals surface area (Å²) in [5, 5.41) is 38.5. The molecule has 0 saturated carbocycles. The lowest BCUT2D eigenvalue weighted by molar-refractivity contribution is -0.445. The van der Waals surface area contributed by atoms with Crippen molar-refractivity contribution in [3.05, 3.63) is 58.2 Å². The summed E-state index contributed by atoms with van der Waals surface area (Å²) in [6.45, 7) is 1.18. The number of aliphatic hydroxyl groups excluding tert-OH is 3. The van der Waals surface area contributed by atoms with Gasteiger partial charge in [0.15, 0.2) is 30.3 Å². The molecule has 0 bridgehead atoms. The lowest BCUT2D eigenvalue weighted by Gasteiger charge is -2.29. The average molecular weight is 444 g/mol. The first-order valence-electron chi connectivity index (χ1n) is 10.1. The third-order valence-corrected chi connectivity index (χ3v) is 5.56. The van der Waals surface area contributed by atoms with E-state index in [1.165, 1.54) is 23.8 Å². The van der Waals surface area contributed by atoms with Gasteiger partial charge in [0.25, 0.3) is 0 Å². The molecule has 5 rings (SSSR count). The summed E-state index contributed by atoms with van der Waals surface area (Å²) in [7, 11) is 0.889. The Morgan fingerprint density at radius 2 is 1.91 bits per heavy atom. The van der Waals surface area contributed by atoms with Crippen molar-refractivity contribution in [3.63, 3.8) is 0 Å². The van der Waals surface area contributed by atoms with Gasteiger partial charge in [-0.2, -0.15) is 0 Å². The normalized spacial score (nSPS) is 24.7. The van der Waals surface area contributed by atoms with E-state index in [0.717, 1.165) is 32.4 Å². The van der Waals surface area contributed by atoms with Gasteiger partial charge in [-0.3, -0.25) is 14.7 Å². The molecule has 0 aliphatic carbocycles. The molecule has 2 aliphatic heterocycles. The number of aromatic nitrogens is 4. The van der Waals surface area contributed by atoms with Crippen LogP contribution in [-0.4, -0.2) is 78.3 Å². The van der Waals surface area contributed by atoms with Gasteiger partial charge in [-0.15, -0.1) is 0 Å². The number of benzene rings is 1. The SMILES string of the molecule is C[N+](=O)[O-].OCC1OC(n2cnc3c(N4CCc5ccccc5C4)ncnc32)C(O)C1O. The van der Waals surface area contributed by atoms with Gasteiger partial charge >= 0.3 is 0 Å².